The molecule has 1 fully saturated rings. The molecule has 114 valence electrons. The summed E-state index contributed by atoms with van der Waals surface area (Å²) in [6.45, 7) is 4.90. The van der Waals surface area contributed by atoms with Crippen LogP contribution in [-0.4, -0.2) is 32.7 Å². The van der Waals surface area contributed by atoms with Crippen molar-refractivity contribution in [3.8, 4) is 0 Å². The first kappa shape index (κ1) is 14.2. The van der Waals surface area contributed by atoms with E-state index in [0.29, 0.717) is 11.8 Å². The van der Waals surface area contributed by atoms with Crippen LogP contribution in [0.15, 0.2) is 18.5 Å². The van der Waals surface area contributed by atoms with Gasteiger partial charge in [0.1, 0.15) is 12.4 Å². The van der Waals surface area contributed by atoms with Crippen LogP contribution in [0.5, 0.6) is 0 Å². The van der Waals surface area contributed by atoms with E-state index in [1.54, 1.807) is 4.68 Å². The number of carbonyl (C=O) groups is 1. The Morgan fingerprint density at radius 2 is 2.29 bits per heavy atom. The second-order valence-corrected chi connectivity index (χ2v) is 6.41. The van der Waals surface area contributed by atoms with Crippen molar-refractivity contribution in [2.75, 3.05) is 6.54 Å². The Bertz CT molecular complexity index is 512. The first-order valence-electron chi connectivity index (χ1n) is 7.87. The molecule has 0 unspecified atom stereocenters. The van der Waals surface area contributed by atoms with E-state index in [2.05, 4.69) is 46.8 Å². The van der Waals surface area contributed by atoms with Gasteiger partial charge in [0.25, 0.3) is 0 Å². The molecule has 2 aliphatic carbocycles. The molecule has 0 radical (unpaired) electrons. The van der Waals surface area contributed by atoms with Gasteiger partial charge in [0.2, 0.25) is 5.91 Å². The fraction of sp³-hybridized carbons (Fsp3) is 0.733. The molecule has 0 aromatic carbocycles. The summed E-state index contributed by atoms with van der Waals surface area (Å²) in [5, 5.41) is 14.3. The lowest BCUT2D eigenvalue weighted by Crippen LogP contribution is -2.39. The molecule has 1 amide bonds. The largest absolute Gasteiger partial charge is 0.354 e. The minimum absolute atomic E-state index is 0.0309. The molecule has 21 heavy (non-hydrogen) atoms. The molecule has 2 aliphatic rings. The Hall–Kier alpha value is -1.72. The molecule has 1 heterocycles. The van der Waals surface area contributed by atoms with Gasteiger partial charge in [-0.25, -0.2) is 4.68 Å². The van der Waals surface area contributed by atoms with Gasteiger partial charge in [0, 0.05) is 6.54 Å². The van der Waals surface area contributed by atoms with Gasteiger partial charge in [-0.1, -0.05) is 32.4 Å². The summed E-state index contributed by atoms with van der Waals surface area (Å²) in [5.74, 6) is 2.22. The van der Waals surface area contributed by atoms with Gasteiger partial charge >= 0.3 is 0 Å². The SMILES string of the molecule is CC[C@H](C)[C@@H](C(=O)NC[C@H]1C[C@H]2C=C[C@H]1C2)n1cnnn1. The smallest absolute Gasteiger partial charge is 0.245 e. The fourth-order valence-corrected chi connectivity index (χ4v) is 3.62. The zero-order chi connectivity index (χ0) is 14.8. The third kappa shape index (κ3) is 2.84. The number of hydrogen-bond donors (Lipinski definition) is 1. The molecule has 1 aromatic heterocycles. The molecule has 6 nitrogen and oxygen atoms in total. The Morgan fingerprint density at radius 1 is 1.43 bits per heavy atom. The summed E-state index contributed by atoms with van der Waals surface area (Å²) in [6, 6.07) is -0.320. The topological polar surface area (TPSA) is 72.7 Å². The lowest BCUT2D eigenvalue weighted by Gasteiger charge is -2.24. The fourth-order valence-electron chi connectivity index (χ4n) is 3.62. The van der Waals surface area contributed by atoms with Crippen molar-refractivity contribution in [2.24, 2.45) is 23.7 Å². The van der Waals surface area contributed by atoms with Crippen molar-refractivity contribution in [3.63, 3.8) is 0 Å². The normalized spacial score (nSPS) is 29.5. The summed E-state index contributed by atoms with van der Waals surface area (Å²) in [6.07, 6.45) is 9.55. The van der Waals surface area contributed by atoms with E-state index >= 15 is 0 Å². The van der Waals surface area contributed by atoms with Crippen LogP contribution in [0.25, 0.3) is 0 Å². The van der Waals surface area contributed by atoms with Crippen molar-refractivity contribution < 1.29 is 4.79 Å². The van der Waals surface area contributed by atoms with Crippen molar-refractivity contribution in [3.05, 3.63) is 18.5 Å². The van der Waals surface area contributed by atoms with E-state index in [1.807, 2.05) is 0 Å². The van der Waals surface area contributed by atoms with Gasteiger partial charge in [-0.15, -0.1) is 5.10 Å². The minimum Gasteiger partial charge on any atom is -0.354 e. The second kappa shape index (κ2) is 5.95. The van der Waals surface area contributed by atoms with E-state index in [4.69, 9.17) is 0 Å². The Labute approximate surface area is 125 Å². The van der Waals surface area contributed by atoms with Crippen LogP contribution in [0.2, 0.25) is 0 Å². The van der Waals surface area contributed by atoms with E-state index < -0.39 is 0 Å². The van der Waals surface area contributed by atoms with Crippen molar-refractivity contribution in [2.45, 2.75) is 39.2 Å². The van der Waals surface area contributed by atoms with E-state index in [1.165, 1.54) is 19.2 Å². The van der Waals surface area contributed by atoms with Gasteiger partial charge in [-0.2, -0.15) is 0 Å². The standard InChI is InChI=1S/C15H23N5O/c1-3-10(2)14(20-9-17-18-19-20)15(21)16-8-13-7-11-4-5-12(13)6-11/h4-5,9-14H,3,6-8H2,1-2H3,(H,16,21)/t10-,11-,12-,13+,14-/m0/s1. The van der Waals surface area contributed by atoms with Gasteiger partial charge in [-0.3, -0.25) is 4.79 Å². The molecule has 0 spiro atoms. The van der Waals surface area contributed by atoms with E-state index in [-0.39, 0.29) is 17.9 Å². The predicted molar refractivity (Wildman–Crippen MR) is 78.2 cm³/mol. The highest BCUT2D eigenvalue weighted by Gasteiger charge is 2.36. The lowest BCUT2D eigenvalue weighted by atomic mass is 9.93. The molecule has 6 heteroatoms. The summed E-state index contributed by atoms with van der Waals surface area (Å²) in [4.78, 5) is 12.6. The molecular formula is C15H23N5O. The number of fused-ring (bicyclic) bond motifs is 2. The second-order valence-electron chi connectivity index (χ2n) is 6.41. The Balaban J connectivity index is 1.61. The minimum atomic E-state index is -0.320. The number of tetrazole rings is 1. The van der Waals surface area contributed by atoms with Crippen LogP contribution in [0.3, 0.4) is 0 Å². The molecule has 1 saturated carbocycles. The number of aromatic nitrogens is 4. The van der Waals surface area contributed by atoms with Crippen LogP contribution in [0.1, 0.15) is 39.2 Å². The molecule has 0 aliphatic heterocycles. The van der Waals surface area contributed by atoms with Gasteiger partial charge in [0.15, 0.2) is 0 Å². The first-order valence-corrected chi connectivity index (χ1v) is 7.87. The summed E-state index contributed by atoms with van der Waals surface area (Å²) in [7, 11) is 0. The Kier molecular flexibility index (Phi) is 4.03. The van der Waals surface area contributed by atoms with Crippen LogP contribution >= 0.6 is 0 Å². The monoisotopic (exact) mass is 289 g/mol. The highest BCUT2D eigenvalue weighted by molar-refractivity contribution is 5.80. The van der Waals surface area contributed by atoms with Crippen LogP contribution in [0.4, 0.5) is 0 Å². The summed E-state index contributed by atoms with van der Waals surface area (Å²) >= 11 is 0. The highest BCUT2D eigenvalue weighted by atomic mass is 16.2. The van der Waals surface area contributed by atoms with Crippen LogP contribution in [0, 0.1) is 23.7 Å². The third-order valence-corrected chi connectivity index (χ3v) is 5.06. The van der Waals surface area contributed by atoms with Crippen LogP contribution in [-0.2, 0) is 4.79 Å². The molecular weight excluding hydrogens is 266 g/mol. The zero-order valence-electron chi connectivity index (χ0n) is 12.6. The molecule has 0 saturated heterocycles. The number of amides is 1. The average Bonchev–Trinajstić information content (AvgIpc) is 3.22. The maximum Gasteiger partial charge on any atom is 0.245 e. The highest BCUT2D eigenvalue weighted by Crippen LogP contribution is 2.43. The predicted octanol–water partition coefficient (Wildman–Crippen LogP) is 1.59. The molecule has 1 N–H and O–H groups in total. The van der Waals surface area contributed by atoms with Gasteiger partial charge in [0.05, 0.1) is 0 Å². The van der Waals surface area contributed by atoms with Gasteiger partial charge < -0.3 is 5.32 Å². The molecule has 1 aromatic rings. The number of nitrogens with one attached hydrogen (secondary N) is 1. The maximum atomic E-state index is 12.6. The quantitative estimate of drug-likeness (QED) is 0.807. The molecule has 3 rings (SSSR count). The molecule has 2 bridgehead atoms. The van der Waals surface area contributed by atoms with Crippen molar-refractivity contribution in [1.29, 1.82) is 0 Å². The third-order valence-electron chi connectivity index (χ3n) is 5.06. The Morgan fingerprint density at radius 3 is 2.86 bits per heavy atom. The van der Waals surface area contributed by atoms with E-state index in [9.17, 15) is 4.79 Å². The van der Waals surface area contributed by atoms with E-state index in [0.717, 1.165) is 18.9 Å². The maximum absolute atomic E-state index is 12.6. The van der Waals surface area contributed by atoms with Crippen molar-refractivity contribution >= 4 is 5.91 Å². The number of hydrogen-bond acceptors (Lipinski definition) is 4. The average molecular weight is 289 g/mol. The summed E-state index contributed by atoms with van der Waals surface area (Å²) in [5.41, 5.74) is 0. The summed E-state index contributed by atoms with van der Waals surface area (Å²) < 4.78 is 1.57. The number of carbonyl (C=O) groups excluding carboxylic acids is 1. The van der Waals surface area contributed by atoms with Crippen molar-refractivity contribution in [1.82, 2.24) is 25.5 Å². The number of allylic oxidation sites excluding steroid dienone is 2. The van der Waals surface area contributed by atoms with Crippen LogP contribution < -0.4 is 5.32 Å². The van der Waals surface area contributed by atoms with Gasteiger partial charge in [-0.05, 0) is 46.9 Å². The molecule has 5 atom stereocenters. The first-order chi connectivity index (χ1) is 10.2. The lowest BCUT2D eigenvalue weighted by molar-refractivity contribution is -0.126. The number of rotatable bonds is 6. The zero-order valence-corrected chi connectivity index (χ0v) is 12.6. The number of nitrogens with zero attached hydrogens (tertiary/aromatic N) is 4.